The molecule has 0 unspecified atom stereocenters. The van der Waals surface area contributed by atoms with Crippen molar-refractivity contribution in [2.24, 2.45) is 5.92 Å². The Balaban J connectivity index is 2.81. The van der Waals surface area contributed by atoms with Gasteiger partial charge in [0.05, 0.1) is 18.4 Å². The predicted molar refractivity (Wildman–Crippen MR) is 84.4 cm³/mol. The van der Waals surface area contributed by atoms with Crippen LogP contribution in [0.5, 0.6) is 0 Å². The van der Waals surface area contributed by atoms with E-state index in [1.54, 1.807) is 0 Å². The van der Waals surface area contributed by atoms with E-state index >= 15 is 0 Å². The first-order valence-electron chi connectivity index (χ1n) is 7.04. The molecule has 1 aromatic rings. The number of hydrogen-bond acceptors (Lipinski definition) is 5. The van der Waals surface area contributed by atoms with Gasteiger partial charge in [-0.05, 0) is 30.0 Å². The molecule has 0 radical (unpaired) electrons. The van der Waals surface area contributed by atoms with Crippen LogP contribution in [0, 0.1) is 5.92 Å². The molecular weight excluding hydrogens is 322 g/mol. The number of methoxy groups -OCH3 is 1. The van der Waals surface area contributed by atoms with Gasteiger partial charge in [0.1, 0.15) is 6.04 Å². The van der Waals surface area contributed by atoms with E-state index in [0.29, 0.717) is 11.1 Å². The van der Waals surface area contributed by atoms with Crippen LogP contribution < -0.4 is 4.72 Å². The first-order valence-corrected chi connectivity index (χ1v) is 8.70. The summed E-state index contributed by atoms with van der Waals surface area (Å²) in [7, 11) is -2.55. The van der Waals surface area contributed by atoms with Gasteiger partial charge in [-0.2, -0.15) is 0 Å². The molecule has 0 bridgehead atoms. The summed E-state index contributed by atoms with van der Waals surface area (Å²) in [4.78, 5) is 22.5. The quantitative estimate of drug-likeness (QED) is 0.690. The van der Waals surface area contributed by atoms with Crippen LogP contribution in [0.25, 0.3) is 0 Å². The number of carboxylic acid groups (broad SMARTS) is 1. The number of benzene rings is 1. The molecular formula is C15H21NO6S. The van der Waals surface area contributed by atoms with E-state index in [1.807, 2.05) is 13.8 Å². The fourth-order valence-corrected chi connectivity index (χ4v) is 3.35. The second kappa shape index (κ2) is 8.07. The third-order valence-electron chi connectivity index (χ3n) is 3.06. The lowest BCUT2D eigenvalue weighted by Gasteiger charge is -2.16. The van der Waals surface area contributed by atoms with Crippen LogP contribution >= 0.6 is 0 Å². The van der Waals surface area contributed by atoms with Crippen molar-refractivity contribution < 1.29 is 27.9 Å². The molecule has 1 atom stereocenters. The molecule has 0 fully saturated rings. The van der Waals surface area contributed by atoms with Gasteiger partial charge in [0.15, 0.2) is 0 Å². The number of ether oxygens (including phenoxy) is 1. The van der Waals surface area contributed by atoms with Crippen LogP contribution in [0.3, 0.4) is 0 Å². The number of aliphatic carboxylic acids is 1. The Kier molecular flexibility index (Phi) is 6.71. The number of sulfonamides is 1. The highest BCUT2D eigenvalue weighted by Crippen LogP contribution is 2.11. The van der Waals surface area contributed by atoms with E-state index in [1.165, 1.54) is 31.4 Å². The molecule has 8 heteroatoms. The summed E-state index contributed by atoms with van der Waals surface area (Å²) in [6.45, 7) is 3.63. The largest absolute Gasteiger partial charge is 0.480 e. The fourth-order valence-electron chi connectivity index (χ4n) is 2.00. The van der Waals surface area contributed by atoms with Gasteiger partial charge in [-0.1, -0.05) is 26.0 Å². The molecule has 2 N–H and O–H groups in total. The van der Waals surface area contributed by atoms with Crippen molar-refractivity contribution in [1.82, 2.24) is 4.72 Å². The highest BCUT2D eigenvalue weighted by atomic mass is 32.2. The van der Waals surface area contributed by atoms with E-state index in [4.69, 9.17) is 5.11 Å². The first-order chi connectivity index (χ1) is 10.6. The highest BCUT2D eigenvalue weighted by Gasteiger charge is 2.25. The van der Waals surface area contributed by atoms with Crippen LogP contribution in [0.2, 0.25) is 0 Å². The van der Waals surface area contributed by atoms with Crippen molar-refractivity contribution >= 4 is 22.0 Å². The van der Waals surface area contributed by atoms with E-state index in [9.17, 15) is 18.0 Å². The number of nitrogens with one attached hydrogen (secondary N) is 1. The van der Waals surface area contributed by atoms with E-state index in [0.717, 1.165) is 0 Å². The summed E-state index contributed by atoms with van der Waals surface area (Å²) >= 11 is 0. The average molecular weight is 343 g/mol. The maximum Gasteiger partial charge on any atom is 0.337 e. The van der Waals surface area contributed by atoms with Crippen LogP contribution in [-0.2, 0) is 25.3 Å². The number of rotatable bonds is 8. The summed E-state index contributed by atoms with van der Waals surface area (Å²) < 4.78 is 31.0. The third kappa shape index (κ3) is 6.37. The van der Waals surface area contributed by atoms with E-state index in [2.05, 4.69) is 9.46 Å². The Morgan fingerprint density at radius 1 is 1.22 bits per heavy atom. The maximum absolute atomic E-state index is 12.1. The lowest BCUT2D eigenvalue weighted by Crippen LogP contribution is -2.42. The van der Waals surface area contributed by atoms with E-state index < -0.39 is 28.0 Å². The normalized spacial score (nSPS) is 12.9. The molecule has 0 aromatic heterocycles. The van der Waals surface area contributed by atoms with Crippen LogP contribution in [0.4, 0.5) is 0 Å². The Bertz CT molecular complexity index is 651. The van der Waals surface area contributed by atoms with Crippen molar-refractivity contribution in [3.05, 3.63) is 35.4 Å². The van der Waals surface area contributed by atoms with Gasteiger partial charge in [0.2, 0.25) is 10.0 Å². The molecule has 0 aliphatic rings. The van der Waals surface area contributed by atoms with Crippen LogP contribution in [0.1, 0.15) is 36.2 Å². The lowest BCUT2D eigenvalue weighted by atomic mass is 10.1. The van der Waals surface area contributed by atoms with Crippen molar-refractivity contribution in [2.45, 2.75) is 32.1 Å². The Morgan fingerprint density at radius 2 is 1.78 bits per heavy atom. The summed E-state index contributed by atoms with van der Waals surface area (Å²) in [5.74, 6) is -2.04. The number of esters is 1. The average Bonchev–Trinajstić information content (AvgIpc) is 2.45. The predicted octanol–water partition coefficient (Wildman–Crippen LogP) is 1.39. The van der Waals surface area contributed by atoms with Gasteiger partial charge >= 0.3 is 11.9 Å². The maximum atomic E-state index is 12.1. The number of carboxylic acids is 1. The number of hydrogen-bond donors (Lipinski definition) is 2. The van der Waals surface area contributed by atoms with Gasteiger partial charge < -0.3 is 9.84 Å². The van der Waals surface area contributed by atoms with Crippen molar-refractivity contribution in [3.8, 4) is 0 Å². The molecule has 0 amide bonds. The minimum Gasteiger partial charge on any atom is -0.480 e. The third-order valence-corrected chi connectivity index (χ3v) is 4.42. The summed E-state index contributed by atoms with van der Waals surface area (Å²) in [5.41, 5.74) is 0.753. The summed E-state index contributed by atoms with van der Waals surface area (Å²) in [6, 6.07) is 4.74. The Labute approximate surface area is 135 Å². The molecule has 0 heterocycles. The van der Waals surface area contributed by atoms with Gasteiger partial charge in [-0.15, -0.1) is 0 Å². The first kappa shape index (κ1) is 19.1. The zero-order chi connectivity index (χ0) is 17.6. The van der Waals surface area contributed by atoms with Crippen molar-refractivity contribution in [1.29, 1.82) is 0 Å². The molecule has 1 rings (SSSR count). The Hall–Kier alpha value is -1.93. The topological polar surface area (TPSA) is 110 Å². The van der Waals surface area contributed by atoms with Gasteiger partial charge in [-0.3, -0.25) is 4.79 Å². The minimum atomic E-state index is -3.81. The standard InChI is InChI=1S/C15H21NO6S/c1-10(2)8-13(14(17)18)16-23(20,21)9-11-4-6-12(7-5-11)15(19)22-3/h4-7,10,13,16H,8-9H2,1-3H3,(H,17,18)/t13-/m0/s1. The van der Waals surface area contributed by atoms with Gasteiger partial charge in [0.25, 0.3) is 0 Å². The Morgan fingerprint density at radius 3 is 2.22 bits per heavy atom. The molecule has 0 saturated heterocycles. The second-order valence-corrected chi connectivity index (χ2v) is 7.34. The monoisotopic (exact) mass is 343 g/mol. The molecule has 0 saturated carbocycles. The van der Waals surface area contributed by atoms with Crippen molar-refractivity contribution in [2.75, 3.05) is 7.11 Å². The molecule has 0 spiro atoms. The molecule has 128 valence electrons. The van der Waals surface area contributed by atoms with Crippen molar-refractivity contribution in [3.63, 3.8) is 0 Å². The minimum absolute atomic E-state index is 0.0399. The summed E-state index contributed by atoms with van der Waals surface area (Å²) in [6.07, 6.45) is 0.204. The van der Waals surface area contributed by atoms with Crippen LogP contribution in [0.15, 0.2) is 24.3 Å². The molecule has 1 aromatic carbocycles. The summed E-state index contributed by atoms with van der Waals surface area (Å²) in [5, 5.41) is 9.10. The molecule has 7 nitrogen and oxygen atoms in total. The zero-order valence-electron chi connectivity index (χ0n) is 13.3. The lowest BCUT2D eigenvalue weighted by molar-refractivity contribution is -0.139. The number of carbonyl (C=O) groups is 2. The van der Waals surface area contributed by atoms with E-state index in [-0.39, 0.29) is 18.1 Å². The fraction of sp³-hybridized carbons (Fsp3) is 0.467. The smallest absolute Gasteiger partial charge is 0.337 e. The van der Waals surface area contributed by atoms with Gasteiger partial charge in [0, 0.05) is 0 Å². The van der Waals surface area contributed by atoms with Gasteiger partial charge in [-0.25, -0.2) is 17.9 Å². The zero-order valence-corrected chi connectivity index (χ0v) is 14.1. The van der Waals surface area contributed by atoms with Crippen LogP contribution in [-0.4, -0.2) is 38.6 Å². The number of carbonyl (C=O) groups excluding carboxylic acids is 1. The molecule has 0 aliphatic carbocycles. The second-order valence-electron chi connectivity index (χ2n) is 5.59. The molecule has 0 aliphatic heterocycles. The SMILES string of the molecule is COC(=O)c1ccc(CS(=O)(=O)N[C@@H](CC(C)C)C(=O)O)cc1. The highest BCUT2D eigenvalue weighted by molar-refractivity contribution is 7.88. The molecule has 23 heavy (non-hydrogen) atoms.